The fourth-order valence-corrected chi connectivity index (χ4v) is 3.47. The number of carbonyl (C=O) groups excluding carboxylic acids is 1. The topological polar surface area (TPSA) is 59.8 Å². The number of aromatic nitrogens is 3. The van der Waals surface area contributed by atoms with Crippen molar-refractivity contribution in [1.29, 1.82) is 0 Å². The molecule has 5 nitrogen and oxygen atoms in total. The van der Waals surface area contributed by atoms with Gasteiger partial charge in [0.1, 0.15) is 0 Å². The predicted molar refractivity (Wildman–Crippen MR) is 82.9 cm³/mol. The molecule has 1 aliphatic heterocycles. The summed E-state index contributed by atoms with van der Waals surface area (Å²) in [7, 11) is 1.94. The third-order valence-electron chi connectivity index (χ3n) is 3.60. The first kappa shape index (κ1) is 14.1. The average Bonchev–Trinajstić information content (AvgIpc) is 2.74. The van der Waals surface area contributed by atoms with Gasteiger partial charge in [-0.15, -0.1) is 10.2 Å². The fraction of sp³-hybridized carbons (Fsp3) is 0.400. The van der Waals surface area contributed by atoms with Gasteiger partial charge in [-0.1, -0.05) is 48.5 Å². The number of amides is 1. The summed E-state index contributed by atoms with van der Waals surface area (Å²) in [5.74, 6) is 0.939. The summed E-state index contributed by atoms with van der Waals surface area (Å²) in [4.78, 5) is 12.0. The number of carbonyl (C=O) groups is 1. The maximum atomic E-state index is 12.0. The Bertz CT molecular complexity index is 626. The van der Waals surface area contributed by atoms with Gasteiger partial charge in [-0.2, -0.15) is 0 Å². The number of benzene rings is 1. The van der Waals surface area contributed by atoms with E-state index >= 15 is 0 Å². The molecule has 3 rings (SSSR count). The molecule has 21 heavy (non-hydrogen) atoms. The molecule has 0 radical (unpaired) electrons. The van der Waals surface area contributed by atoms with Crippen LogP contribution in [0.25, 0.3) is 11.4 Å². The van der Waals surface area contributed by atoms with Crippen molar-refractivity contribution in [2.75, 3.05) is 6.54 Å². The summed E-state index contributed by atoms with van der Waals surface area (Å²) in [5.41, 5.74) is 1.03. The SMILES string of the molecule is Cn1c(S[C@H]2CCCCNC2=O)nnc1-c1ccccc1. The van der Waals surface area contributed by atoms with Gasteiger partial charge < -0.3 is 9.88 Å². The van der Waals surface area contributed by atoms with Gasteiger partial charge in [0.15, 0.2) is 11.0 Å². The first-order valence-electron chi connectivity index (χ1n) is 7.15. The zero-order chi connectivity index (χ0) is 14.7. The maximum absolute atomic E-state index is 12.0. The molecular formula is C15H18N4OS. The Kier molecular flexibility index (Phi) is 4.24. The van der Waals surface area contributed by atoms with Crippen LogP contribution < -0.4 is 5.32 Å². The summed E-state index contributed by atoms with van der Waals surface area (Å²) < 4.78 is 1.96. The van der Waals surface area contributed by atoms with Crippen molar-refractivity contribution in [2.45, 2.75) is 29.7 Å². The first-order chi connectivity index (χ1) is 10.3. The van der Waals surface area contributed by atoms with E-state index in [1.807, 2.05) is 41.9 Å². The molecule has 0 spiro atoms. The molecule has 1 aromatic carbocycles. The van der Waals surface area contributed by atoms with E-state index in [1.165, 1.54) is 11.8 Å². The standard InChI is InChI=1S/C15H18N4OS/c1-19-13(11-7-3-2-4-8-11)17-18-15(19)21-12-9-5-6-10-16-14(12)20/h2-4,7-8,12H,5-6,9-10H2,1H3,(H,16,20)/t12-/m0/s1. The molecule has 0 aliphatic carbocycles. The third-order valence-corrected chi connectivity index (χ3v) is 4.90. The first-order valence-corrected chi connectivity index (χ1v) is 8.03. The molecule has 1 aromatic heterocycles. The molecule has 1 amide bonds. The predicted octanol–water partition coefficient (Wildman–Crippen LogP) is 2.24. The highest BCUT2D eigenvalue weighted by molar-refractivity contribution is 8.00. The van der Waals surface area contributed by atoms with Gasteiger partial charge in [0.25, 0.3) is 0 Å². The normalized spacial score (nSPS) is 19.1. The van der Waals surface area contributed by atoms with Crippen LogP contribution in [-0.2, 0) is 11.8 Å². The smallest absolute Gasteiger partial charge is 0.233 e. The van der Waals surface area contributed by atoms with Gasteiger partial charge in [0.05, 0.1) is 5.25 Å². The Morgan fingerprint density at radius 3 is 2.86 bits per heavy atom. The lowest BCUT2D eigenvalue weighted by molar-refractivity contribution is -0.120. The molecular weight excluding hydrogens is 284 g/mol. The number of rotatable bonds is 3. The van der Waals surface area contributed by atoms with Gasteiger partial charge in [-0.3, -0.25) is 4.79 Å². The maximum Gasteiger partial charge on any atom is 0.233 e. The lowest BCUT2D eigenvalue weighted by Crippen LogP contribution is -2.30. The number of nitrogens with one attached hydrogen (secondary N) is 1. The molecule has 1 fully saturated rings. The van der Waals surface area contributed by atoms with Gasteiger partial charge in [-0.05, 0) is 12.8 Å². The van der Waals surface area contributed by atoms with Gasteiger partial charge in [0.2, 0.25) is 5.91 Å². The van der Waals surface area contributed by atoms with Crippen molar-refractivity contribution in [3.8, 4) is 11.4 Å². The number of nitrogens with zero attached hydrogens (tertiary/aromatic N) is 3. The van der Waals surface area contributed by atoms with Gasteiger partial charge >= 0.3 is 0 Å². The van der Waals surface area contributed by atoms with E-state index in [1.54, 1.807) is 0 Å². The van der Waals surface area contributed by atoms with Crippen LogP contribution >= 0.6 is 11.8 Å². The molecule has 0 bridgehead atoms. The molecule has 1 N–H and O–H groups in total. The highest BCUT2D eigenvalue weighted by Gasteiger charge is 2.24. The van der Waals surface area contributed by atoms with Crippen molar-refractivity contribution in [2.24, 2.45) is 7.05 Å². The minimum Gasteiger partial charge on any atom is -0.355 e. The molecule has 110 valence electrons. The molecule has 2 heterocycles. The van der Waals surface area contributed by atoms with Crippen molar-refractivity contribution in [3.05, 3.63) is 30.3 Å². The van der Waals surface area contributed by atoms with Crippen LogP contribution in [-0.4, -0.2) is 32.5 Å². The van der Waals surface area contributed by atoms with E-state index in [0.717, 1.165) is 42.4 Å². The lowest BCUT2D eigenvalue weighted by atomic mass is 10.2. The fourth-order valence-electron chi connectivity index (χ4n) is 2.41. The second kappa shape index (κ2) is 6.30. The Morgan fingerprint density at radius 1 is 1.24 bits per heavy atom. The Morgan fingerprint density at radius 2 is 2.05 bits per heavy atom. The Hall–Kier alpha value is -1.82. The highest BCUT2D eigenvalue weighted by Crippen LogP contribution is 2.28. The Balaban J connectivity index is 1.81. The second-order valence-electron chi connectivity index (χ2n) is 5.12. The van der Waals surface area contributed by atoms with E-state index in [9.17, 15) is 4.79 Å². The molecule has 0 unspecified atom stereocenters. The van der Waals surface area contributed by atoms with Gasteiger partial charge in [0, 0.05) is 19.2 Å². The second-order valence-corrected chi connectivity index (χ2v) is 6.29. The minimum atomic E-state index is -0.0703. The summed E-state index contributed by atoms with van der Waals surface area (Å²) in [6.07, 6.45) is 3.01. The molecule has 0 saturated carbocycles. The monoisotopic (exact) mass is 302 g/mol. The molecule has 6 heteroatoms. The summed E-state index contributed by atoms with van der Waals surface area (Å²) in [5, 5.41) is 12.2. The van der Waals surface area contributed by atoms with Crippen LogP contribution in [0.1, 0.15) is 19.3 Å². The van der Waals surface area contributed by atoms with Crippen LogP contribution in [0.3, 0.4) is 0 Å². The van der Waals surface area contributed by atoms with Crippen molar-refractivity contribution >= 4 is 17.7 Å². The van der Waals surface area contributed by atoms with Crippen LogP contribution in [0.5, 0.6) is 0 Å². The Labute approximate surface area is 128 Å². The van der Waals surface area contributed by atoms with Crippen LogP contribution in [0.2, 0.25) is 0 Å². The lowest BCUT2D eigenvalue weighted by Gasteiger charge is -2.11. The molecule has 1 atom stereocenters. The van der Waals surface area contributed by atoms with E-state index in [2.05, 4.69) is 15.5 Å². The van der Waals surface area contributed by atoms with E-state index in [0.29, 0.717) is 0 Å². The molecule has 1 saturated heterocycles. The molecule has 2 aromatic rings. The summed E-state index contributed by atoms with van der Waals surface area (Å²) in [6.45, 7) is 0.782. The van der Waals surface area contributed by atoms with E-state index in [-0.39, 0.29) is 11.2 Å². The van der Waals surface area contributed by atoms with Crippen molar-refractivity contribution < 1.29 is 4.79 Å². The highest BCUT2D eigenvalue weighted by atomic mass is 32.2. The zero-order valence-electron chi connectivity index (χ0n) is 12.0. The van der Waals surface area contributed by atoms with Crippen LogP contribution in [0.15, 0.2) is 35.5 Å². The van der Waals surface area contributed by atoms with Crippen molar-refractivity contribution in [1.82, 2.24) is 20.1 Å². The zero-order valence-corrected chi connectivity index (χ0v) is 12.8. The largest absolute Gasteiger partial charge is 0.355 e. The third kappa shape index (κ3) is 3.10. The summed E-state index contributed by atoms with van der Waals surface area (Å²) >= 11 is 1.51. The molecule has 1 aliphatic rings. The number of thioether (sulfide) groups is 1. The summed E-state index contributed by atoms with van der Waals surface area (Å²) in [6, 6.07) is 9.96. The average molecular weight is 302 g/mol. The number of hydrogen-bond donors (Lipinski definition) is 1. The quantitative estimate of drug-likeness (QED) is 0.944. The van der Waals surface area contributed by atoms with E-state index in [4.69, 9.17) is 0 Å². The van der Waals surface area contributed by atoms with Crippen LogP contribution in [0.4, 0.5) is 0 Å². The van der Waals surface area contributed by atoms with E-state index < -0.39 is 0 Å². The van der Waals surface area contributed by atoms with Gasteiger partial charge in [-0.25, -0.2) is 0 Å². The van der Waals surface area contributed by atoms with Crippen LogP contribution in [0, 0.1) is 0 Å². The number of hydrogen-bond acceptors (Lipinski definition) is 4. The van der Waals surface area contributed by atoms with Crippen molar-refractivity contribution in [3.63, 3.8) is 0 Å². The minimum absolute atomic E-state index is 0.0703.